The van der Waals surface area contributed by atoms with Crippen LogP contribution in [0.4, 0.5) is 0 Å². The Labute approximate surface area is 115 Å². The highest BCUT2D eigenvalue weighted by atomic mass is 15.1. The minimum atomic E-state index is 0.941. The van der Waals surface area contributed by atoms with E-state index in [1.165, 1.54) is 28.9 Å². The van der Waals surface area contributed by atoms with Crippen LogP contribution in [0.25, 0.3) is 5.69 Å². The van der Waals surface area contributed by atoms with Crippen LogP contribution in [0.15, 0.2) is 24.5 Å². The molecule has 3 nitrogen and oxygen atoms in total. The van der Waals surface area contributed by atoms with E-state index in [9.17, 15) is 0 Å². The van der Waals surface area contributed by atoms with Crippen LogP contribution >= 0.6 is 0 Å². The van der Waals surface area contributed by atoms with Crippen LogP contribution in [0, 0.1) is 20.8 Å². The van der Waals surface area contributed by atoms with Gasteiger partial charge in [0.25, 0.3) is 0 Å². The molecular weight excluding hydrogens is 234 g/mol. The Hall–Kier alpha value is -1.61. The first-order chi connectivity index (χ1) is 9.13. The molecule has 0 unspecified atom stereocenters. The van der Waals surface area contributed by atoms with E-state index in [1.807, 2.05) is 13.3 Å². The summed E-state index contributed by atoms with van der Waals surface area (Å²) in [5.74, 6) is 0. The van der Waals surface area contributed by atoms with Gasteiger partial charge in [0, 0.05) is 17.9 Å². The Balaban J connectivity index is 2.22. The van der Waals surface area contributed by atoms with Gasteiger partial charge in [-0.25, -0.2) is 4.98 Å². The van der Waals surface area contributed by atoms with Crippen molar-refractivity contribution in [3.63, 3.8) is 0 Å². The van der Waals surface area contributed by atoms with Gasteiger partial charge in [0.2, 0.25) is 0 Å². The predicted molar refractivity (Wildman–Crippen MR) is 79.8 cm³/mol. The van der Waals surface area contributed by atoms with Crippen molar-refractivity contribution >= 4 is 0 Å². The quantitative estimate of drug-likeness (QED) is 0.833. The Morgan fingerprint density at radius 2 is 2.00 bits per heavy atom. The third-order valence-electron chi connectivity index (χ3n) is 3.53. The number of hydrogen-bond donors (Lipinski definition) is 1. The predicted octanol–water partition coefficient (Wildman–Crippen LogP) is 3.30. The fourth-order valence-electron chi connectivity index (χ4n) is 2.25. The largest absolute Gasteiger partial charge is 0.313 e. The van der Waals surface area contributed by atoms with Crippen molar-refractivity contribution in [3.8, 4) is 5.69 Å². The first kappa shape index (κ1) is 13.8. The van der Waals surface area contributed by atoms with E-state index < -0.39 is 0 Å². The molecule has 102 valence electrons. The molecule has 2 aromatic rings. The number of imidazole rings is 1. The van der Waals surface area contributed by atoms with E-state index in [4.69, 9.17) is 0 Å². The van der Waals surface area contributed by atoms with Crippen LogP contribution in [-0.4, -0.2) is 16.1 Å². The lowest BCUT2D eigenvalue weighted by atomic mass is 10.1. The molecule has 0 fully saturated rings. The molecule has 0 atom stereocenters. The highest BCUT2D eigenvalue weighted by Crippen LogP contribution is 2.19. The lowest BCUT2D eigenvalue weighted by Crippen LogP contribution is -2.14. The van der Waals surface area contributed by atoms with Crippen molar-refractivity contribution < 1.29 is 0 Å². The summed E-state index contributed by atoms with van der Waals surface area (Å²) in [7, 11) is 0. The van der Waals surface area contributed by atoms with Crippen molar-refractivity contribution in [2.45, 2.75) is 40.7 Å². The Morgan fingerprint density at radius 3 is 2.58 bits per heavy atom. The van der Waals surface area contributed by atoms with Gasteiger partial charge in [-0.2, -0.15) is 0 Å². The van der Waals surface area contributed by atoms with Crippen LogP contribution in [0.2, 0.25) is 0 Å². The molecule has 1 N–H and O–H groups in total. The first-order valence-corrected chi connectivity index (χ1v) is 6.94. The minimum Gasteiger partial charge on any atom is -0.313 e. The summed E-state index contributed by atoms with van der Waals surface area (Å²) >= 11 is 0. The fraction of sp³-hybridized carbons (Fsp3) is 0.438. The zero-order chi connectivity index (χ0) is 13.8. The second kappa shape index (κ2) is 6.02. The smallest absolute Gasteiger partial charge is 0.0997 e. The minimum absolute atomic E-state index is 0.941. The average Bonchev–Trinajstić information content (AvgIpc) is 2.71. The van der Waals surface area contributed by atoms with Crippen LogP contribution < -0.4 is 5.32 Å². The van der Waals surface area contributed by atoms with Crippen LogP contribution in [-0.2, 0) is 6.54 Å². The Kier molecular flexibility index (Phi) is 4.38. The van der Waals surface area contributed by atoms with Gasteiger partial charge in [-0.3, -0.25) is 0 Å². The molecule has 0 amide bonds. The zero-order valence-corrected chi connectivity index (χ0v) is 12.3. The number of aryl methyl sites for hydroxylation is 2. The van der Waals surface area contributed by atoms with Gasteiger partial charge in [0.15, 0.2) is 0 Å². The number of nitrogens with one attached hydrogen (secondary N) is 1. The number of benzene rings is 1. The standard InChI is InChI=1S/C16H23N3/c1-5-8-17-10-15-6-7-16(12(2)9-15)19-11-18-13(3)14(19)4/h6-7,9,11,17H,5,8,10H2,1-4H3. The normalized spacial score (nSPS) is 10.9. The molecule has 0 saturated heterocycles. The van der Waals surface area contributed by atoms with Gasteiger partial charge in [-0.15, -0.1) is 0 Å². The van der Waals surface area contributed by atoms with Crippen LogP contribution in [0.1, 0.15) is 35.9 Å². The summed E-state index contributed by atoms with van der Waals surface area (Å²) in [6, 6.07) is 6.64. The monoisotopic (exact) mass is 257 g/mol. The fourth-order valence-corrected chi connectivity index (χ4v) is 2.25. The molecule has 0 aliphatic heterocycles. The third kappa shape index (κ3) is 3.04. The number of rotatable bonds is 5. The molecule has 2 rings (SSSR count). The summed E-state index contributed by atoms with van der Waals surface area (Å²) < 4.78 is 2.16. The Bertz CT molecular complexity index is 555. The number of hydrogen-bond acceptors (Lipinski definition) is 2. The lowest BCUT2D eigenvalue weighted by Gasteiger charge is -2.11. The van der Waals surface area contributed by atoms with Gasteiger partial charge in [-0.05, 0) is 50.9 Å². The van der Waals surface area contributed by atoms with Gasteiger partial charge < -0.3 is 9.88 Å². The summed E-state index contributed by atoms with van der Waals surface area (Å²) in [6.07, 6.45) is 3.08. The summed E-state index contributed by atoms with van der Waals surface area (Å²) in [5, 5.41) is 3.43. The second-order valence-electron chi connectivity index (χ2n) is 5.08. The lowest BCUT2D eigenvalue weighted by molar-refractivity contribution is 0.675. The highest BCUT2D eigenvalue weighted by molar-refractivity contribution is 5.44. The topological polar surface area (TPSA) is 29.9 Å². The van der Waals surface area contributed by atoms with Crippen LogP contribution in [0.3, 0.4) is 0 Å². The van der Waals surface area contributed by atoms with E-state index in [0.29, 0.717) is 0 Å². The van der Waals surface area contributed by atoms with Crippen molar-refractivity contribution in [3.05, 3.63) is 47.0 Å². The summed E-state index contributed by atoms with van der Waals surface area (Å²) in [4.78, 5) is 4.37. The van der Waals surface area contributed by atoms with Crippen molar-refractivity contribution in [1.82, 2.24) is 14.9 Å². The van der Waals surface area contributed by atoms with E-state index in [1.54, 1.807) is 0 Å². The molecule has 1 heterocycles. The molecule has 0 radical (unpaired) electrons. The van der Waals surface area contributed by atoms with E-state index in [-0.39, 0.29) is 0 Å². The van der Waals surface area contributed by atoms with Gasteiger partial charge in [-0.1, -0.05) is 19.1 Å². The van der Waals surface area contributed by atoms with Crippen molar-refractivity contribution in [1.29, 1.82) is 0 Å². The second-order valence-corrected chi connectivity index (χ2v) is 5.08. The molecule has 19 heavy (non-hydrogen) atoms. The zero-order valence-electron chi connectivity index (χ0n) is 12.3. The maximum atomic E-state index is 4.37. The van der Waals surface area contributed by atoms with Gasteiger partial charge in [0.1, 0.15) is 0 Å². The summed E-state index contributed by atoms with van der Waals surface area (Å²) in [5.41, 5.74) is 6.14. The molecule has 0 aliphatic rings. The Morgan fingerprint density at radius 1 is 1.21 bits per heavy atom. The van der Waals surface area contributed by atoms with Gasteiger partial charge in [0.05, 0.1) is 12.0 Å². The van der Waals surface area contributed by atoms with E-state index in [2.05, 4.69) is 53.8 Å². The average molecular weight is 257 g/mol. The van der Waals surface area contributed by atoms with Crippen molar-refractivity contribution in [2.24, 2.45) is 0 Å². The highest BCUT2D eigenvalue weighted by Gasteiger charge is 2.07. The van der Waals surface area contributed by atoms with Crippen molar-refractivity contribution in [2.75, 3.05) is 6.54 Å². The molecular formula is C16H23N3. The number of nitrogens with zero attached hydrogens (tertiary/aromatic N) is 2. The molecule has 0 spiro atoms. The molecule has 0 aliphatic carbocycles. The molecule has 0 bridgehead atoms. The SMILES string of the molecule is CCCNCc1ccc(-n2cnc(C)c2C)c(C)c1. The molecule has 0 saturated carbocycles. The maximum absolute atomic E-state index is 4.37. The number of aromatic nitrogens is 2. The van der Waals surface area contributed by atoms with Gasteiger partial charge >= 0.3 is 0 Å². The maximum Gasteiger partial charge on any atom is 0.0997 e. The first-order valence-electron chi connectivity index (χ1n) is 6.94. The van der Waals surface area contributed by atoms with E-state index in [0.717, 1.165) is 18.8 Å². The van der Waals surface area contributed by atoms with E-state index >= 15 is 0 Å². The van der Waals surface area contributed by atoms with Crippen LogP contribution in [0.5, 0.6) is 0 Å². The third-order valence-corrected chi connectivity index (χ3v) is 3.53. The molecule has 1 aromatic heterocycles. The molecule has 1 aromatic carbocycles. The molecule has 3 heteroatoms. The summed E-state index contributed by atoms with van der Waals surface area (Å²) in [6.45, 7) is 10.5.